The highest BCUT2D eigenvalue weighted by Gasteiger charge is 2.39. The van der Waals surface area contributed by atoms with Crippen LogP contribution in [-0.2, 0) is 19.1 Å². The smallest absolute Gasteiger partial charge is 0.334 e. The Labute approximate surface area is 129 Å². The van der Waals surface area contributed by atoms with E-state index < -0.39 is 11.5 Å². The molecule has 0 aromatic heterocycles. The second-order valence-electron chi connectivity index (χ2n) is 5.48. The van der Waals surface area contributed by atoms with Gasteiger partial charge in [0.1, 0.15) is 12.4 Å². The topological polar surface area (TPSA) is 73.9 Å². The van der Waals surface area contributed by atoms with Crippen LogP contribution in [0.2, 0.25) is 0 Å². The van der Waals surface area contributed by atoms with Gasteiger partial charge in [0, 0.05) is 6.61 Å². The van der Waals surface area contributed by atoms with E-state index in [0.29, 0.717) is 25.4 Å². The van der Waals surface area contributed by atoms with Gasteiger partial charge in [-0.05, 0) is 25.5 Å². The van der Waals surface area contributed by atoms with E-state index in [1.54, 1.807) is 19.1 Å². The van der Waals surface area contributed by atoms with Gasteiger partial charge in [-0.2, -0.15) is 0 Å². The van der Waals surface area contributed by atoms with Crippen LogP contribution in [0.1, 0.15) is 13.3 Å². The molecule has 1 amide bonds. The van der Waals surface area contributed by atoms with Gasteiger partial charge in [-0.25, -0.2) is 4.79 Å². The lowest BCUT2D eigenvalue weighted by atomic mass is 10.0. The summed E-state index contributed by atoms with van der Waals surface area (Å²) in [4.78, 5) is 24.3. The maximum atomic E-state index is 12.2. The Morgan fingerprint density at radius 1 is 1.36 bits per heavy atom. The molecule has 22 heavy (non-hydrogen) atoms. The summed E-state index contributed by atoms with van der Waals surface area (Å²) in [7, 11) is 1.29. The van der Waals surface area contributed by atoms with E-state index in [1.807, 2.05) is 18.2 Å². The van der Waals surface area contributed by atoms with Crippen molar-refractivity contribution in [3.05, 3.63) is 30.3 Å². The van der Waals surface area contributed by atoms with Gasteiger partial charge < -0.3 is 19.5 Å². The van der Waals surface area contributed by atoms with Crippen molar-refractivity contribution < 1.29 is 23.8 Å². The molecule has 6 nitrogen and oxygen atoms in total. The van der Waals surface area contributed by atoms with E-state index in [-0.39, 0.29) is 18.4 Å². The zero-order valence-corrected chi connectivity index (χ0v) is 12.8. The Hall–Kier alpha value is -2.08. The molecule has 0 radical (unpaired) electrons. The first-order valence-corrected chi connectivity index (χ1v) is 7.21. The lowest BCUT2D eigenvalue weighted by Gasteiger charge is -2.28. The van der Waals surface area contributed by atoms with Crippen molar-refractivity contribution in [3.8, 4) is 5.75 Å². The fourth-order valence-electron chi connectivity index (χ4n) is 2.23. The Morgan fingerprint density at radius 2 is 2.09 bits per heavy atom. The van der Waals surface area contributed by atoms with Crippen LogP contribution in [0.4, 0.5) is 0 Å². The Morgan fingerprint density at radius 3 is 2.68 bits per heavy atom. The summed E-state index contributed by atoms with van der Waals surface area (Å²) in [5, 5.41) is 2.74. The molecule has 2 atom stereocenters. The molecule has 1 aliphatic heterocycles. The molecule has 0 bridgehead atoms. The Bertz CT molecular complexity index is 513. The lowest BCUT2D eigenvalue weighted by molar-refractivity contribution is -0.152. The fraction of sp³-hybridized carbons (Fsp3) is 0.500. The normalized spacial score (nSPS) is 20.0. The zero-order chi connectivity index (χ0) is 16.0. The SMILES string of the molecule is COC(=O)[C@@](C)(COc1ccccc1)NC(=O)[C@@H]1CCOC1. The summed E-state index contributed by atoms with van der Waals surface area (Å²) in [5.74, 6) is -0.380. The van der Waals surface area contributed by atoms with Crippen molar-refractivity contribution in [1.82, 2.24) is 5.32 Å². The molecule has 1 fully saturated rings. The average Bonchev–Trinajstić information content (AvgIpc) is 3.08. The molecule has 0 aliphatic carbocycles. The number of carbonyl (C=O) groups excluding carboxylic acids is 2. The highest BCUT2D eigenvalue weighted by atomic mass is 16.5. The summed E-state index contributed by atoms with van der Waals surface area (Å²) < 4.78 is 15.6. The summed E-state index contributed by atoms with van der Waals surface area (Å²) in [5.41, 5.74) is -1.25. The van der Waals surface area contributed by atoms with E-state index in [2.05, 4.69) is 5.32 Å². The first kappa shape index (κ1) is 16.3. The molecular weight excluding hydrogens is 286 g/mol. The number of esters is 1. The van der Waals surface area contributed by atoms with Crippen molar-refractivity contribution in [2.45, 2.75) is 18.9 Å². The first-order valence-electron chi connectivity index (χ1n) is 7.21. The monoisotopic (exact) mass is 307 g/mol. The average molecular weight is 307 g/mol. The second-order valence-corrected chi connectivity index (χ2v) is 5.48. The third kappa shape index (κ3) is 3.98. The number of ether oxygens (including phenoxy) is 3. The minimum Gasteiger partial charge on any atom is -0.491 e. The summed E-state index contributed by atoms with van der Waals surface area (Å²) in [6.45, 7) is 2.52. The standard InChI is InChI=1S/C16H21NO5/c1-16(15(19)20-2,11-22-13-6-4-3-5-7-13)17-14(18)12-8-9-21-10-12/h3-7,12H,8-11H2,1-2H3,(H,17,18)/t12-,16-/m1/s1. The van der Waals surface area contributed by atoms with E-state index in [4.69, 9.17) is 14.2 Å². The number of amides is 1. The number of hydrogen-bond acceptors (Lipinski definition) is 5. The van der Waals surface area contributed by atoms with Crippen LogP contribution in [0.15, 0.2) is 30.3 Å². The number of benzene rings is 1. The lowest BCUT2D eigenvalue weighted by Crippen LogP contribution is -2.58. The quantitative estimate of drug-likeness (QED) is 0.798. The van der Waals surface area contributed by atoms with Crippen LogP contribution < -0.4 is 10.1 Å². The second kappa shape index (κ2) is 7.26. The van der Waals surface area contributed by atoms with Gasteiger partial charge >= 0.3 is 5.97 Å². The summed E-state index contributed by atoms with van der Waals surface area (Å²) >= 11 is 0. The molecule has 1 aliphatic rings. The molecular formula is C16H21NO5. The van der Waals surface area contributed by atoms with Gasteiger partial charge in [0.25, 0.3) is 0 Å². The van der Waals surface area contributed by atoms with E-state index in [0.717, 1.165) is 0 Å². The molecule has 1 aromatic carbocycles. The third-order valence-corrected chi connectivity index (χ3v) is 3.61. The van der Waals surface area contributed by atoms with Gasteiger partial charge in [0.15, 0.2) is 5.54 Å². The molecule has 1 saturated heterocycles. The van der Waals surface area contributed by atoms with Crippen molar-refractivity contribution in [2.24, 2.45) is 5.92 Å². The highest BCUT2D eigenvalue weighted by molar-refractivity contribution is 5.89. The molecule has 0 saturated carbocycles. The minimum absolute atomic E-state index is 0.0109. The predicted molar refractivity (Wildman–Crippen MR) is 79.4 cm³/mol. The summed E-state index contributed by atoms with van der Waals surface area (Å²) in [6.07, 6.45) is 0.655. The van der Waals surface area contributed by atoms with Crippen molar-refractivity contribution in [2.75, 3.05) is 26.9 Å². The summed E-state index contributed by atoms with van der Waals surface area (Å²) in [6, 6.07) is 9.10. The van der Waals surface area contributed by atoms with Crippen LogP contribution in [0, 0.1) is 5.92 Å². The Kier molecular flexibility index (Phi) is 5.38. The van der Waals surface area contributed by atoms with Crippen LogP contribution in [0.3, 0.4) is 0 Å². The van der Waals surface area contributed by atoms with Crippen LogP contribution in [-0.4, -0.2) is 44.3 Å². The molecule has 1 aromatic rings. The van der Waals surface area contributed by atoms with Gasteiger partial charge in [-0.3, -0.25) is 4.79 Å². The fourth-order valence-corrected chi connectivity index (χ4v) is 2.23. The maximum Gasteiger partial charge on any atom is 0.334 e. The molecule has 2 rings (SSSR count). The Balaban J connectivity index is 2.02. The number of hydrogen-bond donors (Lipinski definition) is 1. The zero-order valence-electron chi connectivity index (χ0n) is 12.8. The van der Waals surface area contributed by atoms with Gasteiger partial charge in [-0.1, -0.05) is 18.2 Å². The predicted octanol–water partition coefficient (Wildman–Crippen LogP) is 1.15. The van der Waals surface area contributed by atoms with E-state index in [1.165, 1.54) is 7.11 Å². The van der Waals surface area contributed by atoms with Gasteiger partial charge in [0.05, 0.1) is 19.6 Å². The van der Waals surface area contributed by atoms with E-state index >= 15 is 0 Å². The number of para-hydroxylation sites is 1. The van der Waals surface area contributed by atoms with Gasteiger partial charge in [-0.15, -0.1) is 0 Å². The van der Waals surface area contributed by atoms with Gasteiger partial charge in [0.2, 0.25) is 5.91 Å². The van der Waals surface area contributed by atoms with Crippen molar-refractivity contribution >= 4 is 11.9 Å². The maximum absolute atomic E-state index is 12.2. The molecule has 0 spiro atoms. The van der Waals surface area contributed by atoms with E-state index in [9.17, 15) is 9.59 Å². The number of nitrogens with one attached hydrogen (secondary N) is 1. The molecule has 1 N–H and O–H groups in total. The highest BCUT2D eigenvalue weighted by Crippen LogP contribution is 2.17. The van der Waals surface area contributed by atoms with Crippen molar-refractivity contribution in [1.29, 1.82) is 0 Å². The number of carbonyl (C=O) groups is 2. The largest absolute Gasteiger partial charge is 0.491 e. The minimum atomic E-state index is -1.25. The van der Waals surface area contributed by atoms with Crippen LogP contribution in [0.25, 0.3) is 0 Å². The molecule has 0 unspecified atom stereocenters. The molecule has 120 valence electrons. The third-order valence-electron chi connectivity index (χ3n) is 3.61. The number of rotatable bonds is 6. The molecule has 1 heterocycles. The molecule has 6 heteroatoms. The number of methoxy groups -OCH3 is 1. The first-order chi connectivity index (χ1) is 10.5. The van der Waals surface area contributed by atoms with Crippen LogP contribution in [0.5, 0.6) is 5.75 Å². The van der Waals surface area contributed by atoms with Crippen LogP contribution >= 0.6 is 0 Å². The van der Waals surface area contributed by atoms with Crippen molar-refractivity contribution in [3.63, 3.8) is 0 Å².